The number of H-pyrrole nitrogens is 1. The van der Waals surface area contributed by atoms with E-state index in [2.05, 4.69) is 19.7 Å². The van der Waals surface area contributed by atoms with Crippen LogP contribution in [0.2, 0.25) is 0 Å². The van der Waals surface area contributed by atoms with E-state index in [0.717, 1.165) is 11.1 Å². The predicted molar refractivity (Wildman–Crippen MR) is 179 cm³/mol. The zero-order chi connectivity index (χ0) is 33.4. The molecule has 2 N–H and O–H groups in total. The molecule has 0 aliphatic carbocycles. The van der Waals surface area contributed by atoms with Crippen LogP contribution in [0.3, 0.4) is 0 Å². The van der Waals surface area contributed by atoms with Crippen LogP contribution in [0, 0.1) is 0 Å². The van der Waals surface area contributed by atoms with Gasteiger partial charge in [0.25, 0.3) is 15.9 Å². The van der Waals surface area contributed by atoms with E-state index in [1.165, 1.54) is 31.5 Å². The van der Waals surface area contributed by atoms with Gasteiger partial charge in [-0.3, -0.25) is 9.52 Å². The largest absolute Gasteiger partial charge is 0.493 e. The summed E-state index contributed by atoms with van der Waals surface area (Å²) in [4.78, 5) is 23.8. The number of aromatic nitrogens is 3. The summed E-state index contributed by atoms with van der Waals surface area (Å²) < 4.78 is 53.7. The Morgan fingerprint density at radius 3 is 2.23 bits per heavy atom. The number of hydrogen-bond donors (Lipinski definition) is 2. The summed E-state index contributed by atoms with van der Waals surface area (Å²) in [7, 11) is -2.70. The Balaban J connectivity index is 1.55. The minimum atomic E-state index is -4.19. The van der Waals surface area contributed by atoms with E-state index >= 15 is 0 Å². The maximum Gasteiger partial charge on any atom is 0.263 e. The lowest BCUT2D eigenvalue weighted by molar-refractivity contribution is 0.0866. The van der Waals surface area contributed by atoms with Gasteiger partial charge in [0.05, 0.1) is 25.2 Å². The number of anilines is 1. The van der Waals surface area contributed by atoms with Gasteiger partial charge in [0.1, 0.15) is 6.61 Å². The second-order valence-corrected chi connectivity index (χ2v) is 13.2. The second-order valence-electron chi connectivity index (χ2n) is 11.5. The van der Waals surface area contributed by atoms with E-state index in [1.54, 1.807) is 42.5 Å². The Morgan fingerprint density at radius 1 is 0.851 bits per heavy atom. The lowest BCUT2D eigenvalue weighted by Gasteiger charge is -2.20. The quantitative estimate of drug-likeness (QED) is 0.139. The van der Waals surface area contributed by atoms with E-state index in [0.29, 0.717) is 17.9 Å². The number of hydrogen-bond acceptors (Lipinski definition) is 9. The van der Waals surface area contributed by atoms with Gasteiger partial charge in [-0.15, -0.1) is 0 Å². The SMILES string of the molecule is COc1ccccc1Oc1c(NS(=O)(=O)c2ccc(C(C)(C)C)cc2)nc(-c2cc[nH]c(=O)c2)nc1OCCOCc1ccccc1. The summed E-state index contributed by atoms with van der Waals surface area (Å²) in [5.41, 5.74) is 1.74. The smallest absolute Gasteiger partial charge is 0.263 e. The molecule has 2 aromatic heterocycles. The number of ether oxygens (including phenoxy) is 4. The summed E-state index contributed by atoms with van der Waals surface area (Å²) in [5.74, 6) is 0.287. The van der Waals surface area contributed by atoms with Crippen molar-refractivity contribution in [2.24, 2.45) is 0 Å². The molecule has 2 heterocycles. The first kappa shape index (κ1) is 33.2. The van der Waals surface area contributed by atoms with Crippen LogP contribution in [0.15, 0.2) is 107 Å². The standard InChI is InChI=1S/C35H36N4O7S/c1-35(2,3)26-14-16-27(17-15-26)47(41,42)39-33-31(46-29-13-9-8-12-28(29)43-4)34(38-32(37-33)25-18-19-36-30(40)22-25)45-21-20-44-23-24-10-6-5-7-11-24/h5-19,22H,20-21,23H2,1-4H3,(H,36,40)(H,37,38,39). The van der Waals surface area contributed by atoms with Crippen molar-refractivity contribution in [2.75, 3.05) is 25.0 Å². The summed E-state index contributed by atoms with van der Waals surface area (Å²) >= 11 is 0. The first-order valence-electron chi connectivity index (χ1n) is 14.8. The number of aromatic amines is 1. The van der Waals surface area contributed by atoms with Crippen molar-refractivity contribution < 1.29 is 27.4 Å². The number of benzene rings is 3. The van der Waals surface area contributed by atoms with Crippen LogP contribution in [-0.4, -0.2) is 43.7 Å². The van der Waals surface area contributed by atoms with Gasteiger partial charge in [-0.05, 0) is 46.9 Å². The normalized spacial score (nSPS) is 11.6. The zero-order valence-corrected chi connectivity index (χ0v) is 27.3. The molecule has 0 unspecified atom stereocenters. The second kappa shape index (κ2) is 14.5. The number of sulfonamides is 1. The third-order valence-corrected chi connectivity index (χ3v) is 8.34. The van der Waals surface area contributed by atoms with Crippen molar-refractivity contribution in [3.8, 4) is 34.5 Å². The summed E-state index contributed by atoms with van der Waals surface area (Å²) in [5, 5.41) is 0. The Bertz CT molecular complexity index is 1970. The van der Waals surface area contributed by atoms with Gasteiger partial charge in [-0.1, -0.05) is 75.4 Å². The van der Waals surface area contributed by atoms with E-state index in [-0.39, 0.29) is 52.5 Å². The Labute approximate surface area is 273 Å². The van der Waals surface area contributed by atoms with Crippen LogP contribution in [0.4, 0.5) is 5.82 Å². The van der Waals surface area contributed by atoms with E-state index in [4.69, 9.17) is 18.9 Å². The maximum atomic E-state index is 13.8. The van der Waals surface area contributed by atoms with E-state index < -0.39 is 15.6 Å². The molecule has 0 spiro atoms. The first-order valence-corrected chi connectivity index (χ1v) is 16.3. The minimum absolute atomic E-state index is 0.0156. The predicted octanol–water partition coefficient (Wildman–Crippen LogP) is 6.33. The molecule has 244 valence electrons. The third-order valence-electron chi connectivity index (χ3n) is 6.99. The fourth-order valence-electron chi connectivity index (χ4n) is 4.50. The van der Waals surface area contributed by atoms with Gasteiger partial charge in [-0.2, -0.15) is 4.98 Å². The maximum absolute atomic E-state index is 13.8. The fraction of sp³-hybridized carbons (Fsp3) is 0.229. The van der Waals surface area contributed by atoms with Crippen LogP contribution in [0.25, 0.3) is 11.4 Å². The molecule has 5 rings (SSSR count). The molecule has 0 aliphatic rings. The van der Waals surface area contributed by atoms with Crippen molar-refractivity contribution in [1.82, 2.24) is 15.0 Å². The highest BCUT2D eigenvalue weighted by Crippen LogP contribution is 2.41. The monoisotopic (exact) mass is 656 g/mol. The summed E-state index contributed by atoms with van der Waals surface area (Å²) in [6.45, 7) is 6.73. The fourth-order valence-corrected chi connectivity index (χ4v) is 5.50. The van der Waals surface area contributed by atoms with Gasteiger partial charge in [-0.25, -0.2) is 13.4 Å². The third kappa shape index (κ3) is 8.54. The van der Waals surface area contributed by atoms with Crippen LogP contribution >= 0.6 is 0 Å². The van der Waals surface area contributed by atoms with Gasteiger partial charge in [0.2, 0.25) is 11.3 Å². The first-order chi connectivity index (χ1) is 22.5. The van der Waals surface area contributed by atoms with Crippen molar-refractivity contribution in [3.05, 3.63) is 119 Å². The molecule has 0 saturated carbocycles. The number of methoxy groups -OCH3 is 1. The Hall–Kier alpha value is -5.20. The molecule has 0 amide bonds. The van der Waals surface area contributed by atoms with Gasteiger partial charge >= 0.3 is 0 Å². The lowest BCUT2D eigenvalue weighted by Crippen LogP contribution is -2.17. The number of nitrogens with one attached hydrogen (secondary N) is 2. The molecule has 5 aromatic rings. The molecule has 47 heavy (non-hydrogen) atoms. The van der Waals surface area contributed by atoms with E-state index in [9.17, 15) is 13.2 Å². The number of para-hydroxylation sites is 2. The molecule has 12 heteroatoms. The van der Waals surface area contributed by atoms with Gasteiger partial charge in [0, 0.05) is 17.8 Å². The molecule has 11 nitrogen and oxygen atoms in total. The molecule has 0 bridgehead atoms. The molecular weight excluding hydrogens is 620 g/mol. The number of nitrogens with zero attached hydrogens (tertiary/aromatic N) is 2. The highest BCUT2D eigenvalue weighted by molar-refractivity contribution is 7.92. The average Bonchev–Trinajstić information content (AvgIpc) is 3.06. The van der Waals surface area contributed by atoms with Crippen molar-refractivity contribution >= 4 is 15.8 Å². The lowest BCUT2D eigenvalue weighted by atomic mass is 9.87. The van der Waals surface area contributed by atoms with Gasteiger partial charge < -0.3 is 23.9 Å². The van der Waals surface area contributed by atoms with Crippen LogP contribution in [0.1, 0.15) is 31.9 Å². The van der Waals surface area contributed by atoms with Crippen molar-refractivity contribution in [2.45, 2.75) is 37.7 Å². The van der Waals surface area contributed by atoms with Crippen LogP contribution in [-0.2, 0) is 26.8 Å². The Morgan fingerprint density at radius 2 is 1.55 bits per heavy atom. The van der Waals surface area contributed by atoms with Crippen molar-refractivity contribution in [1.29, 1.82) is 0 Å². The molecule has 0 aliphatic heterocycles. The van der Waals surface area contributed by atoms with E-state index in [1.807, 2.05) is 51.1 Å². The molecule has 0 saturated heterocycles. The molecular formula is C35H36N4O7S. The zero-order valence-electron chi connectivity index (χ0n) is 26.5. The number of pyridine rings is 1. The highest BCUT2D eigenvalue weighted by atomic mass is 32.2. The van der Waals surface area contributed by atoms with Crippen LogP contribution in [0.5, 0.6) is 23.1 Å². The summed E-state index contributed by atoms with van der Waals surface area (Å²) in [6, 6.07) is 26.0. The highest BCUT2D eigenvalue weighted by Gasteiger charge is 2.26. The van der Waals surface area contributed by atoms with Gasteiger partial charge in [0.15, 0.2) is 23.1 Å². The molecule has 0 atom stereocenters. The molecule has 3 aromatic carbocycles. The summed E-state index contributed by atoms with van der Waals surface area (Å²) in [6.07, 6.45) is 1.44. The van der Waals surface area contributed by atoms with Crippen molar-refractivity contribution in [3.63, 3.8) is 0 Å². The molecule has 0 radical (unpaired) electrons. The Kier molecular flexibility index (Phi) is 10.2. The topological polar surface area (TPSA) is 142 Å². The number of rotatable bonds is 13. The average molecular weight is 657 g/mol. The minimum Gasteiger partial charge on any atom is -0.493 e. The molecule has 0 fully saturated rings. The van der Waals surface area contributed by atoms with Crippen LogP contribution < -0.4 is 24.5 Å².